The molecule has 0 radical (unpaired) electrons. The lowest BCUT2D eigenvalue weighted by Crippen LogP contribution is -1.95. The van der Waals surface area contributed by atoms with Crippen LogP contribution in [0.1, 0.15) is 16.1 Å². The van der Waals surface area contributed by atoms with E-state index in [2.05, 4.69) is 5.10 Å². The fraction of sp³-hybridized carbons (Fsp3) is 0.167. The van der Waals surface area contributed by atoms with Gasteiger partial charge in [-0.05, 0) is 6.92 Å². The van der Waals surface area contributed by atoms with Crippen LogP contribution in [0, 0.1) is 6.92 Å². The highest BCUT2D eigenvalue weighted by atomic mass is 35.5. The maximum absolute atomic E-state index is 10.8. The van der Waals surface area contributed by atoms with Crippen LogP contribution in [0.4, 0.5) is 0 Å². The maximum atomic E-state index is 10.8. The second-order valence-electron chi connectivity index (χ2n) is 3.66. The zero-order valence-electron chi connectivity index (χ0n) is 9.07. The van der Waals surface area contributed by atoms with Crippen molar-refractivity contribution in [3.63, 3.8) is 0 Å². The second kappa shape index (κ2) is 4.10. The van der Waals surface area contributed by atoms with Crippen molar-refractivity contribution in [2.45, 2.75) is 6.92 Å². The average Bonchev–Trinajstić information content (AvgIpc) is 2.55. The average molecular weight is 235 g/mol. The highest BCUT2D eigenvalue weighted by molar-refractivity contribution is 6.35. The Morgan fingerprint density at radius 1 is 1.31 bits per heavy atom. The molecule has 2 aromatic rings. The Labute approximate surface area is 98.7 Å². The molecule has 0 bridgehead atoms. The topological polar surface area (TPSA) is 34.9 Å². The summed E-state index contributed by atoms with van der Waals surface area (Å²) in [6.07, 6.45) is 0.715. The number of benzene rings is 1. The Morgan fingerprint density at radius 2 is 1.94 bits per heavy atom. The van der Waals surface area contributed by atoms with Gasteiger partial charge in [0.05, 0.1) is 5.02 Å². The summed E-state index contributed by atoms with van der Waals surface area (Å²) in [6.45, 7) is 2.01. The van der Waals surface area contributed by atoms with Crippen molar-refractivity contribution >= 4 is 17.9 Å². The molecule has 1 aromatic carbocycles. The molecule has 0 atom stereocenters. The van der Waals surface area contributed by atoms with Crippen molar-refractivity contribution in [2.24, 2.45) is 7.05 Å². The van der Waals surface area contributed by atoms with E-state index in [9.17, 15) is 4.79 Å². The van der Waals surface area contributed by atoms with E-state index in [1.165, 1.54) is 10.2 Å². The zero-order chi connectivity index (χ0) is 11.7. The lowest BCUT2D eigenvalue weighted by Gasteiger charge is -1.97. The van der Waals surface area contributed by atoms with Gasteiger partial charge in [0.1, 0.15) is 11.4 Å². The minimum absolute atomic E-state index is 0.400. The third-order valence-corrected chi connectivity index (χ3v) is 2.84. The van der Waals surface area contributed by atoms with Gasteiger partial charge >= 0.3 is 0 Å². The molecule has 2 rings (SSSR count). The molecule has 0 saturated carbocycles. The van der Waals surface area contributed by atoms with E-state index in [4.69, 9.17) is 11.6 Å². The molecule has 0 fully saturated rings. The molecule has 0 aliphatic heterocycles. The Morgan fingerprint density at radius 3 is 2.44 bits per heavy atom. The Balaban J connectivity index is 2.56. The summed E-state index contributed by atoms with van der Waals surface area (Å²) in [5.41, 5.74) is 3.13. The summed E-state index contributed by atoms with van der Waals surface area (Å²) in [5, 5.41) is 4.64. The molecule has 3 nitrogen and oxygen atoms in total. The number of aryl methyl sites for hydroxylation is 2. The minimum Gasteiger partial charge on any atom is -0.296 e. The summed E-state index contributed by atoms with van der Waals surface area (Å²) in [5.74, 6) is 0. The van der Waals surface area contributed by atoms with Gasteiger partial charge in [-0.1, -0.05) is 41.4 Å². The summed E-state index contributed by atoms with van der Waals surface area (Å²) in [4.78, 5) is 10.8. The molecule has 0 aliphatic carbocycles. The van der Waals surface area contributed by atoms with E-state index >= 15 is 0 Å². The standard InChI is InChI=1S/C12H11ClN2O/c1-8-3-5-9(6-4-8)12-11(13)10(7-16)15(2)14-12/h3-7H,1-2H3. The van der Waals surface area contributed by atoms with E-state index in [-0.39, 0.29) is 0 Å². The zero-order valence-corrected chi connectivity index (χ0v) is 9.82. The van der Waals surface area contributed by atoms with Crippen LogP contribution in [0.3, 0.4) is 0 Å². The molecule has 16 heavy (non-hydrogen) atoms. The highest BCUT2D eigenvalue weighted by Crippen LogP contribution is 2.28. The van der Waals surface area contributed by atoms with Gasteiger partial charge in [-0.3, -0.25) is 9.48 Å². The molecular formula is C12H11ClN2O. The molecule has 1 heterocycles. The van der Waals surface area contributed by atoms with E-state index in [0.717, 1.165) is 5.56 Å². The highest BCUT2D eigenvalue weighted by Gasteiger charge is 2.14. The van der Waals surface area contributed by atoms with Gasteiger partial charge in [0.2, 0.25) is 0 Å². The molecule has 0 saturated heterocycles. The first-order chi connectivity index (χ1) is 7.63. The normalized spacial score (nSPS) is 10.4. The molecule has 1 aromatic heterocycles. The Bertz CT molecular complexity index is 529. The van der Waals surface area contributed by atoms with Crippen molar-refractivity contribution in [1.82, 2.24) is 9.78 Å². The molecule has 0 unspecified atom stereocenters. The number of nitrogens with zero attached hydrogens (tertiary/aromatic N) is 2. The summed E-state index contributed by atoms with van der Waals surface area (Å²) in [6, 6.07) is 7.86. The molecule has 0 amide bonds. The van der Waals surface area contributed by atoms with Gasteiger partial charge < -0.3 is 0 Å². The Kier molecular flexibility index (Phi) is 2.79. The van der Waals surface area contributed by atoms with Crippen LogP contribution in [0.15, 0.2) is 24.3 Å². The predicted octanol–water partition coefficient (Wildman–Crippen LogP) is 2.86. The largest absolute Gasteiger partial charge is 0.296 e. The molecule has 82 valence electrons. The monoisotopic (exact) mass is 234 g/mol. The number of hydrogen-bond acceptors (Lipinski definition) is 2. The molecule has 0 N–H and O–H groups in total. The number of rotatable bonds is 2. The van der Waals surface area contributed by atoms with E-state index in [1.807, 2.05) is 31.2 Å². The van der Waals surface area contributed by atoms with E-state index in [0.29, 0.717) is 22.7 Å². The number of aromatic nitrogens is 2. The third kappa shape index (κ3) is 1.74. The maximum Gasteiger partial charge on any atom is 0.169 e. The summed E-state index contributed by atoms with van der Waals surface area (Å²) < 4.78 is 1.49. The van der Waals surface area contributed by atoms with Gasteiger partial charge in [-0.25, -0.2) is 0 Å². The number of halogens is 1. The van der Waals surface area contributed by atoms with Gasteiger partial charge in [-0.2, -0.15) is 5.10 Å². The SMILES string of the molecule is Cc1ccc(-c2nn(C)c(C=O)c2Cl)cc1. The van der Waals surface area contributed by atoms with Crippen molar-refractivity contribution in [3.05, 3.63) is 40.5 Å². The lowest BCUT2D eigenvalue weighted by molar-refractivity contribution is 0.111. The second-order valence-corrected chi connectivity index (χ2v) is 4.03. The first-order valence-electron chi connectivity index (χ1n) is 4.88. The number of aldehydes is 1. The fourth-order valence-corrected chi connectivity index (χ4v) is 1.85. The third-order valence-electron chi connectivity index (χ3n) is 2.47. The van der Waals surface area contributed by atoms with Crippen molar-refractivity contribution in [1.29, 1.82) is 0 Å². The van der Waals surface area contributed by atoms with Gasteiger partial charge in [0.25, 0.3) is 0 Å². The summed E-state index contributed by atoms with van der Waals surface area (Å²) >= 11 is 6.09. The summed E-state index contributed by atoms with van der Waals surface area (Å²) in [7, 11) is 1.70. The van der Waals surface area contributed by atoms with Crippen molar-refractivity contribution in [3.8, 4) is 11.3 Å². The van der Waals surface area contributed by atoms with Crippen LogP contribution in [0.25, 0.3) is 11.3 Å². The number of carbonyl (C=O) groups excluding carboxylic acids is 1. The van der Waals surface area contributed by atoms with Crippen LogP contribution >= 0.6 is 11.6 Å². The smallest absolute Gasteiger partial charge is 0.169 e. The van der Waals surface area contributed by atoms with Gasteiger partial charge in [0.15, 0.2) is 6.29 Å². The molecule has 0 spiro atoms. The fourth-order valence-electron chi connectivity index (χ4n) is 1.54. The van der Waals surface area contributed by atoms with Crippen LogP contribution in [0.2, 0.25) is 5.02 Å². The van der Waals surface area contributed by atoms with Gasteiger partial charge in [-0.15, -0.1) is 0 Å². The predicted molar refractivity (Wildman–Crippen MR) is 63.8 cm³/mol. The molecular weight excluding hydrogens is 224 g/mol. The van der Waals surface area contributed by atoms with E-state index < -0.39 is 0 Å². The quantitative estimate of drug-likeness (QED) is 0.749. The first kappa shape index (κ1) is 10.9. The van der Waals surface area contributed by atoms with Crippen LogP contribution in [-0.4, -0.2) is 16.1 Å². The van der Waals surface area contributed by atoms with Crippen LogP contribution < -0.4 is 0 Å². The van der Waals surface area contributed by atoms with Crippen molar-refractivity contribution in [2.75, 3.05) is 0 Å². The number of carbonyl (C=O) groups is 1. The molecule has 0 aliphatic rings. The Hall–Kier alpha value is -1.61. The minimum atomic E-state index is 0.400. The molecule has 4 heteroatoms. The van der Waals surface area contributed by atoms with Crippen LogP contribution in [0.5, 0.6) is 0 Å². The number of hydrogen-bond donors (Lipinski definition) is 0. The van der Waals surface area contributed by atoms with Gasteiger partial charge in [0, 0.05) is 12.6 Å². The van der Waals surface area contributed by atoms with Crippen LogP contribution in [-0.2, 0) is 7.05 Å². The lowest BCUT2D eigenvalue weighted by atomic mass is 10.1. The van der Waals surface area contributed by atoms with E-state index in [1.54, 1.807) is 7.05 Å². The van der Waals surface area contributed by atoms with Crippen molar-refractivity contribution < 1.29 is 4.79 Å². The first-order valence-corrected chi connectivity index (χ1v) is 5.26.